The van der Waals surface area contributed by atoms with Crippen molar-refractivity contribution in [2.24, 2.45) is 5.10 Å². The van der Waals surface area contributed by atoms with E-state index in [0.29, 0.717) is 10.6 Å². The second kappa shape index (κ2) is 9.45. The van der Waals surface area contributed by atoms with Gasteiger partial charge in [0.05, 0.1) is 21.6 Å². The Morgan fingerprint density at radius 2 is 1.72 bits per heavy atom. The average Bonchev–Trinajstić information content (AvgIpc) is 2.75. The van der Waals surface area contributed by atoms with Crippen molar-refractivity contribution in [1.82, 2.24) is 0 Å². The smallest absolute Gasteiger partial charge is 0.335 e. The number of carboxylic acid groups (broad SMARTS) is 1. The molecule has 0 radical (unpaired) electrons. The van der Waals surface area contributed by atoms with Crippen LogP contribution in [0.5, 0.6) is 0 Å². The summed E-state index contributed by atoms with van der Waals surface area (Å²) in [6.45, 7) is 0. The molecule has 0 amide bonds. The van der Waals surface area contributed by atoms with E-state index in [9.17, 15) is 23.3 Å². The van der Waals surface area contributed by atoms with E-state index in [4.69, 9.17) is 16.7 Å². The summed E-state index contributed by atoms with van der Waals surface area (Å²) in [6, 6.07) is 15.1. The van der Waals surface area contributed by atoms with Crippen molar-refractivity contribution in [3.8, 4) is 0 Å². The Kier molecular flexibility index (Phi) is 6.71. The van der Waals surface area contributed by atoms with Gasteiger partial charge in [-0.2, -0.15) is 5.10 Å². The lowest BCUT2D eigenvalue weighted by atomic mass is 10.1. The number of anilines is 2. The fourth-order valence-corrected chi connectivity index (χ4v) is 3.75. The Bertz CT molecular complexity index is 1290. The molecule has 3 aromatic carbocycles. The molecule has 164 valence electrons. The number of hydrogen-bond donors (Lipinski definition) is 3. The molecular weight excluding hydrogens is 460 g/mol. The lowest BCUT2D eigenvalue weighted by Crippen LogP contribution is -2.13. The molecule has 0 atom stereocenters. The van der Waals surface area contributed by atoms with Gasteiger partial charge in [-0.3, -0.25) is 20.3 Å². The maximum Gasteiger partial charge on any atom is 0.335 e. The summed E-state index contributed by atoms with van der Waals surface area (Å²) in [4.78, 5) is 21.3. The van der Waals surface area contributed by atoms with Crippen LogP contribution in [-0.4, -0.2) is 30.6 Å². The number of aromatic carboxylic acids is 1. The number of carboxylic acids is 1. The first kappa shape index (κ1) is 22.7. The van der Waals surface area contributed by atoms with Gasteiger partial charge >= 0.3 is 5.97 Å². The highest BCUT2D eigenvalue weighted by molar-refractivity contribution is 7.92. The summed E-state index contributed by atoms with van der Waals surface area (Å²) in [5.41, 5.74) is 2.88. The van der Waals surface area contributed by atoms with Crippen molar-refractivity contribution in [2.75, 3.05) is 10.1 Å². The number of rotatable bonds is 8. The third-order valence-electron chi connectivity index (χ3n) is 4.13. The highest BCUT2D eigenvalue weighted by atomic mass is 35.5. The zero-order valence-electron chi connectivity index (χ0n) is 16.1. The molecule has 32 heavy (non-hydrogen) atoms. The van der Waals surface area contributed by atoms with Crippen LogP contribution >= 0.6 is 11.6 Å². The molecule has 0 saturated heterocycles. The van der Waals surface area contributed by atoms with Crippen molar-refractivity contribution in [3.05, 3.63) is 93.0 Å². The predicted molar refractivity (Wildman–Crippen MR) is 120 cm³/mol. The number of carbonyl (C=O) groups is 1. The van der Waals surface area contributed by atoms with Gasteiger partial charge in [0.15, 0.2) is 0 Å². The van der Waals surface area contributed by atoms with Crippen LogP contribution in [0.3, 0.4) is 0 Å². The Hall–Kier alpha value is -3.96. The molecule has 3 N–H and O–H groups in total. The molecule has 3 rings (SSSR count). The summed E-state index contributed by atoms with van der Waals surface area (Å²) in [6.07, 6.45) is 1.34. The molecule has 0 bridgehead atoms. The number of sulfonamides is 1. The monoisotopic (exact) mass is 474 g/mol. The maximum absolute atomic E-state index is 12.6. The molecule has 0 saturated carbocycles. The third kappa shape index (κ3) is 5.59. The van der Waals surface area contributed by atoms with Gasteiger partial charge in [-0.25, -0.2) is 13.2 Å². The van der Waals surface area contributed by atoms with Crippen LogP contribution < -0.4 is 10.1 Å². The number of benzene rings is 3. The van der Waals surface area contributed by atoms with Gasteiger partial charge in [0.1, 0.15) is 5.69 Å². The molecule has 10 nitrogen and oxygen atoms in total. The van der Waals surface area contributed by atoms with Gasteiger partial charge in [0, 0.05) is 16.8 Å². The standard InChI is InChI=1S/C20H15ClN4O6S/c21-15-5-7-16(8-6-15)24-32(30,31)17-9-10-18(19(11-17)25(28)29)23-22-12-13-1-3-14(4-2-13)20(26)27/h1-12,23-24H,(H,26,27). The minimum Gasteiger partial charge on any atom is -0.478 e. The van der Waals surface area contributed by atoms with Crippen LogP contribution in [0.1, 0.15) is 15.9 Å². The number of nitro groups is 1. The lowest BCUT2D eigenvalue weighted by Gasteiger charge is -2.09. The third-order valence-corrected chi connectivity index (χ3v) is 5.76. The predicted octanol–water partition coefficient (Wildman–Crippen LogP) is 4.19. The lowest BCUT2D eigenvalue weighted by molar-refractivity contribution is -0.384. The summed E-state index contributed by atoms with van der Waals surface area (Å²) < 4.78 is 27.5. The molecule has 0 aliphatic heterocycles. The zero-order chi connectivity index (χ0) is 23.3. The minimum absolute atomic E-state index is 0.0288. The van der Waals surface area contributed by atoms with E-state index in [1.807, 2.05) is 0 Å². The van der Waals surface area contributed by atoms with Gasteiger partial charge < -0.3 is 5.11 Å². The van der Waals surface area contributed by atoms with E-state index in [0.717, 1.165) is 6.07 Å². The second-order valence-electron chi connectivity index (χ2n) is 6.35. The highest BCUT2D eigenvalue weighted by Gasteiger charge is 2.21. The molecule has 12 heteroatoms. The summed E-state index contributed by atoms with van der Waals surface area (Å²) in [7, 11) is -4.09. The number of hydrazone groups is 1. The van der Waals surface area contributed by atoms with Crippen molar-refractivity contribution >= 4 is 50.9 Å². The molecular formula is C20H15ClN4O6S. The number of halogens is 1. The molecule has 0 aliphatic rings. The first-order chi connectivity index (χ1) is 15.2. The second-order valence-corrected chi connectivity index (χ2v) is 8.46. The van der Waals surface area contributed by atoms with Gasteiger partial charge in [-0.05, 0) is 54.1 Å². The molecule has 0 aliphatic carbocycles. The van der Waals surface area contributed by atoms with Crippen molar-refractivity contribution in [2.45, 2.75) is 4.90 Å². The van der Waals surface area contributed by atoms with Gasteiger partial charge in [-0.15, -0.1) is 0 Å². The fraction of sp³-hybridized carbons (Fsp3) is 0. The Morgan fingerprint density at radius 3 is 2.31 bits per heavy atom. The number of nitro benzene ring substituents is 1. The van der Waals surface area contributed by atoms with Crippen molar-refractivity contribution in [1.29, 1.82) is 0 Å². The van der Waals surface area contributed by atoms with Crippen LogP contribution in [0.4, 0.5) is 17.1 Å². The van der Waals surface area contributed by atoms with E-state index in [-0.39, 0.29) is 21.8 Å². The molecule has 0 unspecified atom stereocenters. The number of nitrogens with zero attached hydrogens (tertiary/aromatic N) is 2. The van der Waals surface area contributed by atoms with Crippen LogP contribution in [-0.2, 0) is 10.0 Å². The zero-order valence-corrected chi connectivity index (χ0v) is 17.7. The Labute approximate surface area is 187 Å². The molecule has 0 heterocycles. The fourth-order valence-electron chi connectivity index (χ4n) is 2.54. The van der Waals surface area contributed by atoms with Crippen molar-refractivity contribution in [3.63, 3.8) is 0 Å². The van der Waals surface area contributed by atoms with Crippen LogP contribution in [0, 0.1) is 10.1 Å². The Morgan fingerprint density at radius 1 is 1.06 bits per heavy atom. The first-order valence-electron chi connectivity index (χ1n) is 8.85. The maximum atomic E-state index is 12.6. The number of nitrogens with one attached hydrogen (secondary N) is 2. The summed E-state index contributed by atoms with van der Waals surface area (Å²) in [5, 5.41) is 24.7. The van der Waals surface area contributed by atoms with Crippen molar-refractivity contribution < 1.29 is 23.2 Å². The number of hydrogen-bond acceptors (Lipinski definition) is 7. The molecule has 0 aromatic heterocycles. The SMILES string of the molecule is O=C(O)c1ccc(C=NNc2ccc(S(=O)(=O)Nc3ccc(Cl)cc3)cc2[N+](=O)[O-])cc1. The van der Waals surface area contributed by atoms with Crippen LogP contribution in [0.25, 0.3) is 0 Å². The van der Waals surface area contributed by atoms with Crippen LogP contribution in [0.2, 0.25) is 5.02 Å². The van der Waals surface area contributed by atoms with E-state index >= 15 is 0 Å². The topological polar surface area (TPSA) is 151 Å². The van der Waals surface area contributed by atoms with Gasteiger partial charge in [0.25, 0.3) is 15.7 Å². The molecule has 0 fully saturated rings. The van der Waals surface area contributed by atoms with E-state index in [1.54, 1.807) is 0 Å². The summed E-state index contributed by atoms with van der Waals surface area (Å²) in [5.74, 6) is -1.07. The minimum atomic E-state index is -4.09. The van der Waals surface area contributed by atoms with E-state index in [2.05, 4.69) is 15.2 Å². The van der Waals surface area contributed by atoms with E-state index in [1.165, 1.54) is 66.9 Å². The highest BCUT2D eigenvalue weighted by Crippen LogP contribution is 2.28. The van der Waals surface area contributed by atoms with Crippen LogP contribution in [0.15, 0.2) is 76.7 Å². The molecule has 0 spiro atoms. The summed E-state index contributed by atoms with van der Waals surface area (Å²) >= 11 is 5.78. The first-order valence-corrected chi connectivity index (χ1v) is 10.7. The molecule has 3 aromatic rings. The normalized spacial score (nSPS) is 11.3. The largest absolute Gasteiger partial charge is 0.478 e. The van der Waals surface area contributed by atoms with Gasteiger partial charge in [-0.1, -0.05) is 23.7 Å². The average molecular weight is 475 g/mol. The Balaban J connectivity index is 1.80. The quantitative estimate of drug-likeness (QED) is 0.251. The van der Waals surface area contributed by atoms with E-state index < -0.39 is 26.6 Å². The van der Waals surface area contributed by atoms with Gasteiger partial charge in [0.2, 0.25) is 0 Å².